The normalized spacial score (nSPS) is 28.8. The minimum absolute atomic E-state index is 0.262. The zero-order valence-corrected chi connectivity index (χ0v) is 15.0. The highest BCUT2D eigenvalue weighted by atomic mass is 16.5. The molecule has 3 fully saturated rings. The number of carbonyl (C=O) groups is 1. The van der Waals surface area contributed by atoms with Crippen LogP contribution in [-0.4, -0.2) is 70.8 Å². The first-order valence-electron chi connectivity index (χ1n) is 9.64. The number of likely N-dealkylation sites (tertiary alicyclic amines) is 1. The Kier molecular flexibility index (Phi) is 5.03. The fourth-order valence-electron chi connectivity index (χ4n) is 4.51. The van der Waals surface area contributed by atoms with Gasteiger partial charge in [0.25, 0.3) is 0 Å². The zero-order valence-electron chi connectivity index (χ0n) is 15.0. The lowest BCUT2D eigenvalue weighted by Crippen LogP contribution is -2.57. The first kappa shape index (κ1) is 17.0. The van der Waals surface area contributed by atoms with Crippen LogP contribution in [0.3, 0.4) is 0 Å². The first-order chi connectivity index (χ1) is 12.2. The molecule has 0 N–H and O–H groups in total. The summed E-state index contributed by atoms with van der Waals surface area (Å²) in [6.45, 7) is 5.64. The van der Waals surface area contributed by atoms with Crippen LogP contribution < -0.4 is 0 Å². The third-order valence-electron chi connectivity index (χ3n) is 5.89. The Bertz CT molecular complexity index is 595. The molecule has 7 nitrogen and oxygen atoms in total. The molecule has 0 unspecified atom stereocenters. The number of aromatic nitrogens is 2. The number of amides is 1. The lowest BCUT2D eigenvalue weighted by atomic mass is 9.90. The van der Waals surface area contributed by atoms with E-state index in [1.54, 1.807) is 0 Å². The van der Waals surface area contributed by atoms with Gasteiger partial charge >= 0.3 is 0 Å². The van der Waals surface area contributed by atoms with Gasteiger partial charge < -0.3 is 14.2 Å². The summed E-state index contributed by atoms with van der Waals surface area (Å²) in [6, 6.07) is 0.300. The predicted octanol–water partition coefficient (Wildman–Crippen LogP) is 1.73. The molecule has 3 heterocycles. The number of carbonyl (C=O) groups excluding carboxylic acids is 1. The SMILES string of the molecule is Cc1noc(C2CCN(CC(=O)N3CCO[C@H]4CCCC[C@@H]43)CC2)n1. The lowest BCUT2D eigenvalue weighted by Gasteiger charge is -2.44. The molecular weight excluding hydrogens is 320 g/mol. The second kappa shape index (κ2) is 7.41. The van der Waals surface area contributed by atoms with E-state index in [2.05, 4.69) is 19.9 Å². The number of rotatable bonds is 3. The van der Waals surface area contributed by atoms with Crippen LogP contribution in [0.25, 0.3) is 0 Å². The minimum atomic E-state index is 0.262. The number of ether oxygens (including phenoxy) is 1. The number of fused-ring (bicyclic) bond motifs is 1. The molecule has 1 aromatic heterocycles. The van der Waals surface area contributed by atoms with E-state index in [0.29, 0.717) is 30.9 Å². The van der Waals surface area contributed by atoms with Crippen molar-refractivity contribution in [3.05, 3.63) is 11.7 Å². The van der Waals surface area contributed by atoms with E-state index >= 15 is 0 Å². The van der Waals surface area contributed by atoms with Gasteiger partial charge in [-0.05, 0) is 45.7 Å². The van der Waals surface area contributed by atoms with Crippen molar-refractivity contribution in [2.24, 2.45) is 0 Å². The second-order valence-electron chi connectivity index (χ2n) is 7.58. The van der Waals surface area contributed by atoms with E-state index in [4.69, 9.17) is 9.26 Å². The molecule has 1 amide bonds. The van der Waals surface area contributed by atoms with Crippen LogP contribution in [0, 0.1) is 6.92 Å². The minimum Gasteiger partial charge on any atom is -0.374 e. The van der Waals surface area contributed by atoms with Gasteiger partial charge in [-0.25, -0.2) is 0 Å². The average Bonchev–Trinajstić information content (AvgIpc) is 3.08. The average molecular weight is 348 g/mol. The monoisotopic (exact) mass is 348 g/mol. The molecule has 0 radical (unpaired) electrons. The maximum atomic E-state index is 12.9. The summed E-state index contributed by atoms with van der Waals surface area (Å²) < 4.78 is 11.2. The molecule has 0 bridgehead atoms. The van der Waals surface area contributed by atoms with Crippen molar-refractivity contribution in [2.75, 3.05) is 32.8 Å². The van der Waals surface area contributed by atoms with Gasteiger partial charge in [-0.15, -0.1) is 0 Å². The van der Waals surface area contributed by atoms with E-state index in [0.717, 1.165) is 51.2 Å². The fourth-order valence-corrected chi connectivity index (χ4v) is 4.51. The maximum Gasteiger partial charge on any atom is 0.237 e. The molecule has 25 heavy (non-hydrogen) atoms. The van der Waals surface area contributed by atoms with E-state index < -0.39 is 0 Å². The quantitative estimate of drug-likeness (QED) is 0.828. The summed E-state index contributed by atoms with van der Waals surface area (Å²) in [7, 11) is 0. The van der Waals surface area contributed by atoms with Crippen LogP contribution in [0.4, 0.5) is 0 Å². The molecule has 1 saturated carbocycles. The number of hydrogen-bond acceptors (Lipinski definition) is 6. The molecule has 0 spiro atoms. The number of morpholine rings is 1. The van der Waals surface area contributed by atoms with E-state index in [1.165, 1.54) is 12.8 Å². The molecule has 4 rings (SSSR count). The Labute approximate surface area is 148 Å². The van der Waals surface area contributed by atoms with E-state index in [-0.39, 0.29) is 12.0 Å². The third kappa shape index (κ3) is 3.72. The highest BCUT2D eigenvalue weighted by molar-refractivity contribution is 5.78. The molecule has 0 aromatic carbocycles. The third-order valence-corrected chi connectivity index (χ3v) is 5.89. The van der Waals surface area contributed by atoms with E-state index in [1.807, 2.05) is 6.92 Å². The maximum absolute atomic E-state index is 12.9. The van der Waals surface area contributed by atoms with Crippen molar-refractivity contribution in [1.29, 1.82) is 0 Å². The molecule has 2 atom stereocenters. The molecule has 3 aliphatic rings. The van der Waals surface area contributed by atoms with Gasteiger partial charge in [0, 0.05) is 12.5 Å². The topological polar surface area (TPSA) is 71.7 Å². The van der Waals surface area contributed by atoms with Crippen molar-refractivity contribution >= 4 is 5.91 Å². The number of aryl methyl sites for hydroxylation is 1. The van der Waals surface area contributed by atoms with Crippen molar-refractivity contribution in [3.8, 4) is 0 Å². The molecule has 138 valence electrons. The number of piperidine rings is 1. The zero-order chi connectivity index (χ0) is 17.2. The van der Waals surface area contributed by atoms with Gasteiger partial charge in [-0.2, -0.15) is 4.98 Å². The fraction of sp³-hybridized carbons (Fsp3) is 0.833. The van der Waals surface area contributed by atoms with Gasteiger partial charge in [0.05, 0.1) is 25.3 Å². The molecule has 2 aliphatic heterocycles. The van der Waals surface area contributed by atoms with Gasteiger partial charge in [-0.1, -0.05) is 18.0 Å². The van der Waals surface area contributed by atoms with Gasteiger partial charge in [0.1, 0.15) is 0 Å². The summed E-state index contributed by atoms with van der Waals surface area (Å²) in [5.41, 5.74) is 0. The number of nitrogens with zero attached hydrogens (tertiary/aromatic N) is 4. The molecular formula is C18H28N4O3. The summed E-state index contributed by atoms with van der Waals surface area (Å²) in [4.78, 5) is 21.6. The first-order valence-corrected chi connectivity index (χ1v) is 9.64. The Morgan fingerprint density at radius 1 is 1.16 bits per heavy atom. The summed E-state index contributed by atoms with van der Waals surface area (Å²) >= 11 is 0. The summed E-state index contributed by atoms with van der Waals surface area (Å²) in [6.07, 6.45) is 6.85. The second-order valence-corrected chi connectivity index (χ2v) is 7.58. The van der Waals surface area contributed by atoms with Crippen molar-refractivity contribution in [2.45, 2.75) is 63.5 Å². The molecule has 1 aliphatic carbocycles. The summed E-state index contributed by atoms with van der Waals surface area (Å²) in [5.74, 6) is 2.05. The van der Waals surface area contributed by atoms with Crippen molar-refractivity contribution in [3.63, 3.8) is 0 Å². The molecule has 1 aromatic rings. The smallest absolute Gasteiger partial charge is 0.237 e. The highest BCUT2D eigenvalue weighted by Crippen LogP contribution is 2.29. The van der Waals surface area contributed by atoms with Crippen LogP contribution in [0.15, 0.2) is 4.52 Å². The van der Waals surface area contributed by atoms with Crippen LogP contribution in [0.2, 0.25) is 0 Å². The number of hydrogen-bond donors (Lipinski definition) is 0. The van der Waals surface area contributed by atoms with Gasteiger partial charge in [-0.3, -0.25) is 9.69 Å². The standard InChI is InChI=1S/C18H28N4O3/c1-13-19-18(25-20-13)14-6-8-21(9-7-14)12-17(23)22-10-11-24-16-5-3-2-4-15(16)22/h14-16H,2-12H2,1H3/t15-,16-/m0/s1. The van der Waals surface area contributed by atoms with Crippen LogP contribution in [0.1, 0.15) is 56.2 Å². The largest absolute Gasteiger partial charge is 0.374 e. The van der Waals surface area contributed by atoms with Crippen molar-refractivity contribution in [1.82, 2.24) is 19.9 Å². The Hall–Kier alpha value is -1.47. The van der Waals surface area contributed by atoms with E-state index in [9.17, 15) is 4.79 Å². The van der Waals surface area contributed by atoms with Crippen LogP contribution in [-0.2, 0) is 9.53 Å². The Morgan fingerprint density at radius 2 is 1.96 bits per heavy atom. The van der Waals surface area contributed by atoms with Crippen LogP contribution in [0.5, 0.6) is 0 Å². The van der Waals surface area contributed by atoms with Gasteiger partial charge in [0.2, 0.25) is 11.8 Å². The highest BCUT2D eigenvalue weighted by Gasteiger charge is 2.37. The Balaban J connectivity index is 1.30. The van der Waals surface area contributed by atoms with Crippen LogP contribution >= 0.6 is 0 Å². The molecule has 7 heteroatoms. The predicted molar refractivity (Wildman–Crippen MR) is 91.2 cm³/mol. The molecule has 2 saturated heterocycles. The van der Waals surface area contributed by atoms with Gasteiger partial charge in [0.15, 0.2) is 5.82 Å². The van der Waals surface area contributed by atoms with Crippen molar-refractivity contribution < 1.29 is 14.1 Å². The summed E-state index contributed by atoms with van der Waals surface area (Å²) in [5, 5.41) is 3.89. The lowest BCUT2D eigenvalue weighted by molar-refractivity contribution is -0.150. The Morgan fingerprint density at radius 3 is 2.72 bits per heavy atom.